The van der Waals surface area contributed by atoms with Gasteiger partial charge in [-0.2, -0.15) is 15.0 Å². The molecule has 1 aromatic rings. The molecule has 1 saturated heterocycles. The topological polar surface area (TPSA) is 104 Å². The first kappa shape index (κ1) is 19.7. The van der Waals surface area contributed by atoms with Crippen molar-refractivity contribution in [3.8, 4) is 0 Å². The second-order valence-electron chi connectivity index (χ2n) is 6.93. The van der Waals surface area contributed by atoms with Crippen LogP contribution in [0.25, 0.3) is 0 Å². The van der Waals surface area contributed by atoms with Gasteiger partial charge < -0.3 is 25.8 Å². The van der Waals surface area contributed by atoms with E-state index < -0.39 is 0 Å². The zero-order valence-corrected chi connectivity index (χ0v) is 15.7. The molecule has 2 heterocycles. The molecule has 8 nitrogen and oxygen atoms in total. The molecule has 1 aromatic heterocycles. The molecule has 4 N–H and O–H groups in total. The minimum Gasteiger partial charge on any atom is -0.394 e. The Bertz CT molecular complexity index is 496. The van der Waals surface area contributed by atoms with Gasteiger partial charge >= 0.3 is 0 Å². The number of nitrogens with one attached hydrogen (secondary N) is 3. The van der Waals surface area contributed by atoms with Gasteiger partial charge in [0.2, 0.25) is 17.8 Å². The number of aliphatic hydroxyl groups excluding tert-OH is 1. The summed E-state index contributed by atoms with van der Waals surface area (Å²) in [7, 11) is 0. The Kier molecular flexibility index (Phi) is 7.64. The quantitative estimate of drug-likeness (QED) is 0.507. The molecule has 0 radical (unpaired) electrons. The van der Waals surface area contributed by atoms with Crippen molar-refractivity contribution in [1.82, 2.24) is 15.0 Å². The summed E-state index contributed by atoms with van der Waals surface area (Å²) in [4.78, 5) is 13.3. The fourth-order valence-corrected chi connectivity index (χ4v) is 2.42. The first-order valence-electron chi connectivity index (χ1n) is 9.27. The molecule has 3 atom stereocenters. The third kappa shape index (κ3) is 6.28. The van der Waals surface area contributed by atoms with Crippen molar-refractivity contribution < 1.29 is 9.84 Å². The molecule has 1 aliphatic rings. The molecule has 0 aromatic carbocycles. The summed E-state index contributed by atoms with van der Waals surface area (Å²) in [5.74, 6) is 1.96. The van der Waals surface area contributed by atoms with Crippen LogP contribution in [0.5, 0.6) is 0 Å². The van der Waals surface area contributed by atoms with Crippen LogP contribution in [-0.2, 0) is 4.74 Å². The Balaban J connectivity index is 2.11. The smallest absolute Gasteiger partial charge is 0.229 e. The van der Waals surface area contributed by atoms with Crippen LogP contribution in [-0.4, -0.2) is 58.0 Å². The summed E-state index contributed by atoms with van der Waals surface area (Å²) < 4.78 is 5.63. The van der Waals surface area contributed by atoms with Crippen LogP contribution in [0.15, 0.2) is 0 Å². The second-order valence-corrected chi connectivity index (χ2v) is 6.93. The highest BCUT2D eigenvalue weighted by Gasteiger charge is 2.17. The van der Waals surface area contributed by atoms with Crippen LogP contribution in [0, 0.1) is 5.92 Å². The van der Waals surface area contributed by atoms with Crippen molar-refractivity contribution in [3.05, 3.63) is 0 Å². The average Bonchev–Trinajstić information content (AvgIpc) is 3.11. The first-order valence-corrected chi connectivity index (χ1v) is 9.27. The molecule has 0 amide bonds. The van der Waals surface area contributed by atoms with Crippen LogP contribution in [0.2, 0.25) is 0 Å². The Labute approximate surface area is 150 Å². The predicted molar refractivity (Wildman–Crippen MR) is 100 cm³/mol. The van der Waals surface area contributed by atoms with E-state index in [2.05, 4.69) is 51.7 Å². The molecular formula is C17H32N6O2. The van der Waals surface area contributed by atoms with E-state index in [0.29, 0.717) is 30.3 Å². The lowest BCUT2D eigenvalue weighted by molar-refractivity contribution is 0.120. The molecule has 2 unspecified atom stereocenters. The molecule has 8 heteroatoms. The third-order valence-corrected chi connectivity index (χ3v) is 4.55. The Morgan fingerprint density at radius 1 is 1.12 bits per heavy atom. The van der Waals surface area contributed by atoms with Gasteiger partial charge in [-0.05, 0) is 32.1 Å². The van der Waals surface area contributed by atoms with Crippen LogP contribution < -0.4 is 16.0 Å². The van der Waals surface area contributed by atoms with Crippen LogP contribution in [0.1, 0.15) is 47.0 Å². The number of hydrogen-bond acceptors (Lipinski definition) is 8. The minimum absolute atomic E-state index is 0.0337. The number of rotatable bonds is 10. The molecule has 25 heavy (non-hydrogen) atoms. The highest BCUT2D eigenvalue weighted by atomic mass is 16.5. The third-order valence-electron chi connectivity index (χ3n) is 4.55. The molecule has 0 spiro atoms. The van der Waals surface area contributed by atoms with E-state index in [1.165, 1.54) is 0 Å². The number of aromatic nitrogens is 3. The van der Waals surface area contributed by atoms with E-state index in [1.807, 2.05) is 6.92 Å². The van der Waals surface area contributed by atoms with Crippen LogP contribution >= 0.6 is 0 Å². The molecule has 2 rings (SSSR count). The summed E-state index contributed by atoms with van der Waals surface area (Å²) in [6.07, 6.45) is 3.15. The van der Waals surface area contributed by atoms with Gasteiger partial charge in [0.15, 0.2) is 0 Å². The van der Waals surface area contributed by atoms with Gasteiger partial charge in [-0.3, -0.25) is 0 Å². The Morgan fingerprint density at radius 2 is 1.80 bits per heavy atom. The van der Waals surface area contributed by atoms with Gasteiger partial charge in [-0.1, -0.05) is 20.8 Å². The monoisotopic (exact) mass is 352 g/mol. The largest absolute Gasteiger partial charge is 0.394 e. The van der Waals surface area contributed by atoms with E-state index in [1.54, 1.807) is 0 Å². The number of anilines is 3. The van der Waals surface area contributed by atoms with Crippen molar-refractivity contribution in [2.45, 2.75) is 65.1 Å². The van der Waals surface area contributed by atoms with Gasteiger partial charge in [0.05, 0.1) is 18.8 Å². The maximum Gasteiger partial charge on any atom is 0.229 e. The lowest BCUT2D eigenvalue weighted by Crippen LogP contribution is -2.27. The minimum atomic E-state index is -0.0798. The molecule has 1 aliphatic heterocycles. The molecule has 0 bridgehead atoms. The molecule has 0 aliphatic carbocycles. The van der Waals surface area contributed by atoms with E-state index in [4.69, 9.17) is 4.74 Å². The zero-order chi connectivity index (χ0) is 18.2. The molecule has 142 valence electrons. The van der Waals surface area contributed by atoms with Gasteiger partial charge in [0.25, 0.3) is 0 Å². The number of aliphatic hydroxyl groups is 1. The summed E-state index contributed by atoms with van der Waals surface area (Å²) in [6, 6.07) is 0.157. The second kappa shape index (κ2) is 9.72. The number of hydrogen-bond donors (Lipinski definition) is 4. The fraction of sp³-hybridized carbons (Fsp3) is 0.824. The highest BCUT2D eigenvalue weighted by molar-refractivity contribution is 5.43. The highest BCUT2D eigenvalue weighted by Crippen LogP contribution is 2.16. The lowest BCUT2D eigenvalue weighted by atomic mass is 10.1. The fourth-order valence-electron chi connectivity index (χ4n) is 2.42. The van der Waals surface area contributed by atoms with Crippen molar-refractivity contribution in [2.24, 2.45) is 5.92 Å². The van der Waals surface area contributed by atoms with E-state index in [-0.39, 0.29) is 24.8 Å². The SMILES string of the molecule is CC[C@H](CO)Nc1nc(NCC2CCCO2)nc(NC(C)C(C)C)n1. The van der Waals surface area contributed by atoms with Crippen LogP contribution in [0.4, 0.5) is 17.8 Å². The van der Waals surface area contributed by atoms with Crippen molar-refractivity contribution >= 4 is 17.8 Å². The Morgan fingerprint density at radius 3 is 2.36 bits per heavy atom. The summed E-state index contributed by atoms with van der Waals surface area (Å²) >= 11 is 0. The maximum absolute atomic E-state index is 9.41. The summed E-state index contributed by atoms with van der Waals surface area (Å²) in [6.45, 7) is 9.94. The molecular weight excluding hydrogens is 320 g/mol. The Hall–Kier alpha value is -1.67. The molecule has 0 saturated carbocycles. The van der Waals surface area contributed by atoms with Gasteiger partial charge in [0.1, 0.15) is 0 Å². The standard InChI is InChI=1S/C17H32N6O2/c1-5-13(10-24)20-17-22-15(18-9-14-7-6-8-25-14)21-16(23-17)19-12(4)11(2)3/h11-14,24H,5-10H2,1-4H3,(H3,18,19,20,21,22,23)/t12?,13-,14?/m1/s1. The predicted octanol–water partition coefficient (Wildman–Crippen LogP) is 2.10. The zero-order valence-electron chi connectivity index (χ0n) is 15.7. The maximum atomic E-state index is 9.41. The molecule has 1 fully saturated rings. The van der Waals surface area contributed by atoms with Crippen molar-refractivity contribution in [3.63, 3.8) is 0 Å². The number of nitrogens with zero attached hydrogens (tertiary/aromatic N) is 3. The lowest BCUT2D eigenvalue weighted by Gasteiger charge is -2.20. The van der Waals surface area contributed by atoms with Crippen molar-refractivity contribution in [2.75, 3.05) is 35.7 Å². The number of ether oxygens (including phenoxy) is 1. The van der Waals surface area contributed by atoms with Gasteiger partial charge in [-0.15, -0.1) is 0 Å². The summed E-state index contributed by atoms with van der Waals surface area (Å²) in [5.41, 5.74) is 0. The first-order chi connectivity index (χ1) is 12.0. The van der Waals surface area contributed by atoms with E-state index in [9.17, 15) is 5.11 Å². The summed E-state index contributed by atoms with van der Waals surface area (Å²) in [5, 5.41) is 19.1. The van der Waals surface area contributed by atoms with Crippen molar-refractivity contribution in [1.29, 1.82) is 0 Å². The van der Waals surface area contributed by atoms with Crippen LogP contribution in [0.3, 0.4) is 0 Å². The van der Waals surface area contributed by atoms with E-state index >= 15 is 0 Å². The van der Waals surface area contributed by atoms with E-state index in [0.717, 1.165) is 25.9 Å². The normalized spacial score (nSPS) is 19.7. The average molecular weight is 352 g/mol. The van der Waals surface area contributed by atoms with Gasteiger partial charge in [-0.25, -0.2) is 0 Å². The van der Waals surface area contributed by atoms with Gasteiger partial charge in [0, 0.05) is 19.2 Å².